The Labute approximate surface area is 137 Å². The third kappa shape index (κ3) is 3.13. The fraction of sp³-hybridized carbons (Fsp3) is 0.438. The zero-order valence-electron chi connectivity index (χ0n) is 13.1. The van der Waals surface area contributed by atoms with E-state index in [0.29, 0.717) is 6.54 Å². The lowest BCUT2D eigenvalue weighted by Crippen LogP contribution is -2.42. The number of likely N-dealkylation sites (tertiary alicyclic amines) is 1. The number of nitrogens with zero attached hydrogens (tertiary/aromatic N) is 4. The van der Waals surface area contributed by atoms with Gasteiger partial charge in [-0.3, -0.25) is 4.79 Å². The van der Waals surface area contributed by atoms with Crippen LogP contribution in [0.2, 0.25) is 0 Å². The molecular weight excluding hydrogens is 321 g/mol. The average molecular weight is 338 g/mol. The van der Waals surface area contributed by atoms with Crippen molar-refractivity contribution in [1.29, 1.82) is 0 Å². The predicted octanol–water partition coefficient (Wildman–Crippen LogP) is 3.30. The maximum Gasteiger partial charge on any atom is 0.418 e. The molecule has 2 aromatic rings. The van der Waals surface area contributed by atoms with Crippen LogP contribution in [-0.2, 0) is 6.18 Å². The van der Waals surface area contributed by atoms with E-state index >= 15 is 0 Å². The Morgan fingerprint density at radius 3 is 2.71 bits per heavy atom. The molecule has 3 rings (SSSR count). The minimum Gasteiger partial charge on any atom is -0.334 e. The number of hydrogen-bond donors (Lipinski definition) is 0. The zero-order chi connectivity index (χ0) is 17.3. The third-order valence-corrected chi connectivity index (χ3v) is 4.23. The number of amides is 1. The summed E-state index contributed by atoms with van der Waals surface area (Å²) in [5.74, 6) is -0.294. The monoisotopic (exact) mass is 338 g/mol. The van der Waals surface area contributed by atoms with Gasteiger partial charge in [-0.2, -0.15) is 13.2 Å². The zero-order valence-corrected chi connectivity index (χ0v) is 13.1. The number of halogens is 3. The van der Waals surface area contributed by atoms with Crippen LogP contribution in [-0.4, -0.2) is 38.4 Å². The highest BCUT2D eigenvalue weighted by Gasteiger charge is 2.34. The van der Waals surface area contributed by atoms with E-state index in [9.17, 15) is 18.0 Å². The van der Waals surface area contributed by atoms with Crippen LogP contribution in [0.25, 0.3) is 5.69 Å². The van der Waals surface area contributed by atoms with Gasteiger partial charge in [0, 0.05) is 12.6 Å². The van der Waals surface area contributed by atoms with Gasteiger partial charge in [0.05, 0.1) is 17.4 Å². The van der Waals surface area contributed by atoms with Crippen molar-refractivity contribution in [3.63, 3.8) is 0 Å². The van der Waals surface area contributed by atoms with E-state index in [-0.39, 0.29) is 23.3 Å². The van der Waals surface area contributed by atoms with Gasteiger partial charge in [-0.1, -0.05) is 17.3 Å². The number of carbonyl (C=O) groups is 1. The molecule has 1 fully saturated rings. The SMILES string of the molecule is CC1CCCCN1C(=O)c1cn(-c2ccccc2C(F)(F)F)nn1. The Bertz CT molecular complexity index is 741. The molecule has 5 nitrogen and oxygen atoms in total. The van der Waals surface area contributed by atoms with Crippen molar-refractivity contribution in [2.45, 2.75) is 38.4 Å². The molecule has 1 aromatic carbocycles. The van der Waals surface area contributed by atoms with Crippen molar-refractivity contribution in [2.24, 2.45) is 0 Å². The predicted molar refractivity (Wildman–Crippen MR) is 80.7 cm³/mol. The Morgan fingerprint density at radius 1 is 1.25 bits per heavy atom. The van der Waals surface area contributed by atoms with E-state index < -0.39 is 11.7 Å². The van der Waals surface area contributed by atoms with Gasteiger partial charge >= 0.3 is 6.18 Å². The van der Waals surface area contributed by atoms with Crippen LogP contribution in [0.15, 0.2) is 30.5 Å². The second-order valence-electron chi connectivity index (χ2n) is 5.91. The standard InChI is InChI=1S/C16H17F3N4O/c1-11-6-4-5-9-22(11)15(24)13-10-23(21-20-13)14-8-3-2-7-12(14)16(17,18)19/h2-3,7-8,10-11H,4-6,9H2,1H3. The molecule has 0 aliphatic carbocycles. The first kappa shape index (κ1) is 16.5. The molecule has 0 bridgehead atoms. The van der Waals surface area contributed by atoms with Crippen LogP contribution in [0.5, 0.6) is 0 Å². The van der Waals surface area contributed by atoms with Crippen LogP contribution >= 0.6 is 0 Å². The van der Waals surface area contributed by atoms with Gasteiger partial charge in [-0.25, -0.2) is 4.68 Å². The molecule has 1 amide bonds. The molecule has 8 heteroatoms. The number of rotatable bonds is 2. The second kappa shape index (κ2) is 6.26. The first-order valence-electron chi connectivity index (χ1n) is 7.78. The van der Waals surface area contributed by atoms with Crippen molar-refractivity contribution in [1.82, 2.24) is 19.9 Å². The summed E-state index contributed by atoms with van der Waals surface area (Å²) < 4.78 is 40.3. The van der Waals surface area contributed by atoms with Crippen molar-refractivity contribution in [3.8, 4) is 5.69 Å². The summed E-state index contributed by atoms with van der Waals surface area (Å²) in [5, 5.41) is 7.50. The molecule has 1 saturated heterocycles. The molecule has 1 aromatic heterocycles. The third-order valence-electron chi connectivity index (χ3n) is 4.23. The van der Waals surface area contributed by atoms with Crippen LogP contribution in [0.3, 0.4) is 0 Å². The number of piperidine rings is 1. The summed E-state index contributed by atoms with van der Waals surface area (Å²) >= 11 is 0. The van der Waals surface area contributed by atoms with E-state index in [2.05, 4.69) is 10.3 Å². The van der Waals surface area contributed by atoms with E-state index in [4.69, 9.17) is 0 Å². The van der Waals surface area contributed by atoms with Gasteiger partial charge in [-0.05, 0) is 38.3 Å². The van der Waals surface area contributed by atoms with E-state index in [0.717, 1.165) is 30.0 Å². The number of alkyl halides is 3. The molecule has 0 spiro atoms. The van der Waals surface area contributed by atoms with E-state index in [1.807, 2.05) is 6.92 Å². The molecule has 128 valence electrons. The number of carbonyl (C=O) groups excluding carboxylic acids is 1. The van der Waals surface area contributed by atoms with E-state index in [1.54, 1.807) is 4.90 Å². The maximum absolute atomic E-state index is 13.1. The van der Waals surface area contributed by atoms with Crippen LogP contribution in [0, 0.1) is 0 Å². The second-order valence-corrected chi connectivity index (χ2v) is 5.91. The highest BCUT2D eigenvalue weighted by atomic mass is 19.4. The number of benzene rings is 1. The fourth-order valence-electron chi connectivity index (χ4n) is 2.94. The van der Waals surface area contributed by atoms with Crippen molar-refractivity contribution in [3.05, 3.63) is 41.7 Å². The molecular formula is C16H17F3N4O. The molecule has 1 aliphatic rings. The van der Waals surface area contributed by atoms with Gasteiger partial charge in [0.2, 0.25) is 0 Å². The van der Waals surface area contributed by atoms with Crippen LogP contribution in [0.1, 0.15) is 42.2 Å². The number of hydrogen-bond acceptors (Lipinski definition) is 3. The van der Waals surface area contributed by atoms with Gasteiger partial charge < -0.3 is 4.90 Å². The van der Waals surface area contributed by atoms with Crippen molar-refractivity contribution >= 4 is 5.91 Å². The minimum absolute atomic E-state index is 0.0562. The Kier molecular flexibility index (Phi) is 4.29. The number of para-hydroxylation sites is 1. The van der Waals surface area contributed by atoms with Crippen LogP contribution in [0.4, 0.5) is 13.2 Å². The molecule has 1 atom stereocenters. The Morgan fingerprint density at radius 2 is 2.00 bits per heavy atom. The molecule has 1 aliphatic heterocycles. The van der Waals surface area contributed by atoms with Crippen LogP contribution < -0.4 is 0 Å². The Hall–Kier alpha value is -2.38. The molecule has 0 saturated carbocycles. The summed E-state index contributed by atoms with van der Waals surface area (Å²) in [6.07, 6.45) is -0.350. The minimum atomic E-state index is -4.51. The normalized spacial score (nSPS) is 18.7. The quantitative estimate of drug-likeness (QED) is 0.844. The fourth-order valence-corrected chi connectivity index (χ4v) is 2.94. The lowest BCUT2D eigenvalue weighted by molar-refractivity contribution is -0.137. The van der Waals surface area contributed by atoms with Gasteiger partial charge in [0.15, 0.2) is 5.69 Å². The topological polar surface area (TPSA) is 51.0 Å². The van der Waals surface area contributed by atoms with E-state index in [1.165, 1.54) is 24.4 Å². The average Bonchev–Trinajstić information content (AvgIpc) is 3.04. The molecule has 0 N–H and O–H groups in total. The highest BCUT2D eigenvalue weighted by molar-refractivity contribution is 5.92. The molecule has 0 radical (unpaired) electrons. The summed E-state index contributed by atoms with van der Waals surface area (Å²) in [5.41, 5.74) is -0.913. The highest BCUT2D eigenvalue weighted by Crippen LogP contribution is 2.33. The molecule has 24 heavy (non-hydrogen) atoms. The Balaban J connectivity index is 1.90. The van der Waals surface area contributed by atoms with Gasteiger partial charge in [-0.15, -0.1) is 5.10 Å². The lowest BCUT2D eigenvalue weighted by Gasteiger charge is -2.32. The smallest absolute Gasteiger partial charge is 0.334 e. The largest absolute Gasteiger partial charge is 0.418 e. The van der Waals surface area contributed by atoms with Gasteiger partial charge in [0.25, 0.3) is 5.91 Å². The number of aromatic nitrogens is 3. The maximum atomic E-state index is 13.1. The van der Waals surface area contributed by atoms with Crippen molar-refractivity contribution < 1.29 is 18.0 Å². The first-order valence-corrected chi connectivity index (χ1v) is 7.78. The first-order chi connectivity index (χ1) is 11.4. The summed E-state index contributed by atoms with van der Waals surface area (Å²) in [7, 11) is 0. The van der Waals surface area contributed by atoms with Gasteiger partial charge in [0.1, 0.15) is 0 Å². The summed E-state index contributed by atoms with van der Waals surface area (Å²) in [4.78, 5) is 14.2. The lowest BCUT2D eigenvalue weighted by atomic mass is 10.0. The molecule has 1 unspecified atom stereocenters. The van der Waals surface area contributed by atoms with Crippen molar-refractivity contribution in [2.75, 3.05) is 6.54 Å². The summed E-state index contributed by atoms with van der Waals surface area (Å²) in [6, 6.07) is 5.17. The molecule has 2 heterocycles. The summed E-state index contributed by atoms with van der Waals surface area (Å²) in [6.45, 7) is 2.59.